The van der Waals surface area contributed by atoms with E-state index in [1.54, 1.807) is 91.1 Å². The molecule has 3 heterocycles. The molecule has 11 N–H and O–H groups in total. The fourth-order valence-electron chi connectivity index (χ4n) is 9.58. The van der Waals surface area contributed by atoms with Crippen molar-refractivity contribution >= 4 is 52.4 Å². The molecule has 0 saturated carbocycles. The number of amides is 7. The van der Waals surface area contributed by atoms with Gasteiger partial charge in [-0.3, -0.25) is 28.8 Å². The summed E-state index contributed by atoms with van der Waals surface area (Å²) in [5.74, 6) is -4.36. The zero-order chi connectivity index (χ0) is 55.0. The van der Waals surface area contributed by atoms with Gasteiger partial charge in [-0.05, 0) is 71.8 Å². The summed E-state index contributed by atoms with van der Waals surface area (Å²) in [6.07, 6.45) is 0.191. The molecule has 7 amide bonds. The van der Waals surface area contributed by atoms with Gasteiger partial charge in [0.25, 0.3) is 0 Å². The Hall–Kier alpha value is -8.55. The van der Waals surface area contributed by atoms with E-state index in [0.29, 0.717) is 53.7 Å². The molecule has 77 heavy (non-hydrogen) atoms. The fourth-order valence-corrected chi connectivity index (χ4v) is 9.58. The summed E-state index contributed by atoms with van der Waals surface area (Å²) < 4.78 is 21.3. The average Bonchev–Trinajstić information content (AvgIpc) is 4.14. The molecule has 402 valence electrons. The zero-order valence-electron chi connectivity index (χ0n) is 43.6. The second kappa shape index (κ2) is 26.8. The maximum atomic E-state index is 15.4. The summed E-state index contributed by atoms with van der Waals surface area (Å²) >= 11 is 0. The van der Waals surface area contributed by atoms with Gasteiger partial charge in [0.1, 0.15) is 54.7 Å². The minimum atomic E-state index is -1.70. The van der Waals surface area contributed by atoms with E-state index in [0.717, 1.165) is 21.4 Å². The van der Waals surface area contributed by atoms with E-state index in [2.05, 4.69) is 31.6 Å². The maximum Gasteiger partial charge on any atom is 0.407 e. The number of carbonyl (C=O) groups is 7. The summed E-state index contributed by atoms with van der Waals surface area (Å²) in [5.41, 5.74) is 15.4. The topological polar surface area (TPSA) is 281 Å². The van der Waals surface area contributed by atoms with Gasteiger partial charge in [-0.2, -0.15) is 0 Å². The highest BCUT2D eigenvalue weighted by molar-refractivity contribution is 5.99. The van der Waals surface area contributed by atoms with Crippen LogP contribution in [0.4, 0.5) is 4.79 Å². The van der Waals surface area contributed by atoms with Crippen LogP contribution in [-0.4, -0.2) is 114 Å². The molecule has 0 radical (unpaired) electrons. The van der Waals surface area contributed by atoms with E-state index in [1.165, 1.54) is 0 Å². The van der Waals surface area contributed by atoms with Gasteiger partial charge in [0.15, 0.2) is 1.41 Å². The molecular weight excluding hydrogens is 981 g/mol. The number of H-pyrrole nitrogens is 1. The van der Waals surface area contributed by atoms with Gasteiger partial charge < -0.3 is 62.7 Å². The highest BCUT2D eigenvalue weighted by Crippen LogP contribution is 2.26. The zero-order valence-corrected chi connectivity index (χ0v) is 42.6. The van der Waals surface area contributed by atoms with Crippen molar-refractivity contribution in [2.75, 3.05) is 26.2 Å². The van der Waals surface area contributed by atoms with Crippen LogP contribution in [0.1, 0.15) is 59.5 Å². The molecule has 0 bridgehead atoms. The van der Waals surface area contributed by atoms with Gasteiger partial charge in [0.05, 0.1) is 6.54 Å². The number of nitrogens with one attached hydrogen (secondary N) is 7. The smallest absolute Gasteiger partial charge is 0.407 e. The van der Waals surface area contributed by atoms with Gasteiger partial charge in [0, 0.05) is 55.9 Å². The summed E-state index contributed by atoms with van der Waals surface area (Å²) in [5, 5.41) is 15.3. The third-order valence-electron chi connectivity index (χ3n) is 13.6. The number of alkyl carbamates (subject to hydrolysis) is 1. The van der Waals surface area contributed by atoms with Crippen LogP contribution in [0, 0.1) is 0 Å². The monoisotopic (exact) mass is 1050 g/mol. The van der Waals surface area contributed by atoms with Crippen LogP contribution in [0.25, 0.3) is 10.9 Å². The summed E-state index contributed by atoms with van der Waals surface area (Å²) in [4.78, 5) is 108. The number of fused-ring (bicyclic) bond motifs is 2. The lowest BCUT2D eigenvalue weighted by Crippen LogP contribution is -2.61. The van der Waals surface area contributed by atoms with Gasteiger partial charge in [-0.1, -0.05) is 121 Å². The average molecular weight is 1050 g/mol. The third-order valence-corrected chi connectivity index (χ3v) is 13.6. The molecule has 0 unspecified atom stereocenters. The number of hydrogen-bond acceptors (Lipinski definition) is 11. The SMILES string of the molecule is [2H]N1C(=O)[C@@H]2C[C@@H](OC(=O)NCCN)CN2C(=O)[C@H](Cc2ccccc2)NC(=O)[C@H](Cc2ccc(OCc3ccccc3)cc2)NC(=O)[C@H](CCCCN)NC(=O)[C@H](Cc2c[nH]c3ccccc23)NC(=O)[C@@H]1c1ccccc1. The van der Waals surface area contributed by atoms with Crippen molar-refractivity contribution in [3.8, 4) is 5.75 Å². The van der Waals surface area contributed by atoms with Crippen molar-refractivity contribution in [3.05, 3.63) is 174 Å². The molecule has 19 heteroatoms. The predicted octanol–water partition coefficient (Wildman–Crippen LogP) is 3.37. The molecule has 2 fully saturated rings. The van der Waals surface area contributed by atoms with Crippen LogP contribution < -0.4 is 48.1 Å². The van der Waals surface area contributed by atoms with E-state index >= 15 is 19.2 Å². The Morgan fingerprint density at radius 3 is 1.91 bits per heavy atom. The summed E-state index contributed by atoms with van der Waals surface area (Å²) in [7, 11) is 0. The van der Waals surface area contributed by atoms with Crippen LogP contribution in [-0.2, 0) is 59.4 Å². The van der Waals surface area contributed by atoms with Crippen molar-refractivity contribution in [3.63, 3.8) is 0 Å². The predicted molar refractivity (Wildman–Crippen MR) is 288 cm³/mol. The number of nitrogens with zero attached hydrogens (tertiary/aromatic N) is 1. The van der Waals surface area contributed by atoms with Crippen LogP contribution in [0.2, 0.25) is 1.41 Å². The quantitative estimate of drug-likeness (QED) is 0.0598. The van der Waals surface area contributed by atoms with E-state index in [9.17, 15) is 15.8 Å². The van der Waals surface area contributed by atoms with Crippen molar-refractivity contribution in [2.45, 2.75) is 93.9 Å². The number of ether oxygens (including phenoxy) is 2. The van der Waals surface area contributed by atoms with Crippen molar-refractivity contribution in [1.82, 2.24) is 41.8 Å². The van der Waals surface area contributed by atoms with Gasteiger partial charge in [-0.25, -0.2) is 4.79 Å². The Morgan fingerprint density at radius 1 is 0.623 bits per heavy atom. The first-order valence-corrected chi connectivity index (χ1v) is 26.0. The van der Waals surface area contributed by atoms with Gasteiger partial charge in [0.2, 0.25) is 35.4 Å². The molecule has 1 aromatic heterocycles. The van der Waals surface area contributed by atoms with Crippen LogP contribution in [0.5, 0.6) is 5.75 Å². The number of rotatable bonds is 17. The summed E-state index contributed by atoms with van der Waals surface area (Å²) in [6, 6.07) is 32.3. The Kier molecular flexibility index (Phi) is 18.5. The maximum absolute atomic E-state index is 15.4. The Bertz CT molecular complexity index is 3000. The highest BCUT2D eigenvalue weighted by atomic mass is 16.6. The van der Waals surface area contributed by atoms with Gasteiger partial charge in [-0.15, -0.1) is 0 Å². The number of unbranched alkanes of at least 4 members (excludes halogenated alkanes) is 1. The van der Waals surface area contributed by atoms with Crippen LogP contribution >= 0.6 is 0 Å². The van der Waals surface area contributed by atoms with Crippen LogP contribution in [0.15, 0.2) is 146 Å². The number of hydrogen-bond donors (Lipinski definition) is 9. The second-order valence-electron chi connectivity index (χ2n) is 19.2. The standard InChI is InChI=1S/C58H66N10O9/c59-27-13-12-22-46-52(69)64-47(30-38-23-25-42(26-24-38)76-36-39-16-6-2-7-17-39)53(70)66-49(31-37-14-4-1-5-15-37)57(74)68-35-43(77-58(75)61-29-28-60)33-50(68)55(72)67-51(40-18-8-3-9-19-40)56(73)65-48(54(71)63-46)32-41-34-62-45-21-11-10-20-44(41)45/h1-11,14-21,23-26,34,43,46-51,62H,12-13,22,27-33,35-36,59-60H2,(H,61,75)(H,63,71)(H,64,69)(H,65,73)(H,66,70)(H,67,72)/t43-,46+,47+,48+,49+,50+,51+/m1/s1/i/hD. The molecule has 2 aliphatic heterocycles. The lowest BCUT2D eigenvalue weighted by molar-refractivity contribution is -0.143. The minimum absolute atomic E-state index is 0.0771. The number of para-hydroxylation sites is 1. The Labute approximate surface area is 448 Å². The lowest BCUT2D eigenvalue weighted by atomic mass is 9.99. The molecule has 0 spiro atoms. The molecule has 2 saturated heterocycles. The Balaban J connectivity index is 1.21. The first-order valence-electron chi connectivity index (χ1n) is 26.4. The van der Waals surface area contributed by atoms with E-state index < -0.39 is 83.9 Å². The normalized spacial score (nSPS) is 21.9. The minimum Gasteiger partial charge on any atom is -0.489 e. The Morgan fingerprint density at radius 2 is 1.21 bits per heavy atom. The highest BCUT2D eigenvalue weighted by Gasteiger charge is 2.45. The number of nitrogens with two attached hydrogens (primary N) is 2. The third kappa shape index (κ3) is 14.9. The number of carbonyl (C=O) groups excluding carboxylic acids is 7. The lowest BCUT2D eigenvalue weighted by Gasteiger charge is -2.32. The van der Waals surface area contributed by atoms with E-state index in [4.69, 9.17) is 20.9 Å². The molecule has 6 aromatic rings. The molecule has 0 aliphatic carbocycles. The summed E-state index contributed by atoms with van der Waals surface area (Å²) in [6.45, 7) is 0.460. The van der Waals surface area contributed by atoms with Crippen molar-refractivity contribution in [1.29, 1.82) is 0 Å². The largest absolute Gasteiger partial charge is 0.489 e. The molecule has 7 atom stereocenters. The fraction of sp³-hybridized carbons (Fsp3) is 0.328. The first-order chi connectivity index (χ1) is 37.9. The number of aromatic nitrogens is 1. The molecule has 19 nitrogen and oxygen atoms in total. The van der Waals surface area contributed by atoms with Crippen molar-refractivity contribution in [2.24, 2.45) is 11.5 Å². The molecule has 8 rings (SSSR count). The van der Waals surface area contributed by atoms with Gasteiger partial charge >= 0.3 is 6.09 Å². The molecule has 2 aliphatic rings. The molecule has 5 aromatic carbocycles. The number of aromatic amines is 1. The first kappa shape index (κ1) is 53.3. The second-order valence-corrected chi connectivity index (χ2v) is 19.2. The number of benzene rings is 5. The molecular formula is C58H66N10O9. The van der Waals surface area contributed by atoms with Crippen LogP contribution in [0.3, 0.4) is 0 Å². The van der Waals surface area contributed by atoms with E-state index in [1.807, 2.05) is 54.6 Å². The van der Waals surface area contributed by atoms with Crippen molar-refractivity contribution < 1.29 is 44.4 Å². The van der Waals surface area contributed by atoms with E-state index in [-0.39, 0.29) is 57.3 Å².